The summed E-state index contributed by atoms with van der Waals surface area (Å²) in [7, 11) is 0. The molecule has 6 nitrogen and oxygen atoms in total. The van der Waals surface area contributed by atoms with E-state index in [0.29, 0.717) is 0 Å². The van der Waals surface area contributed by atoms with Crippen molar-refractivity contribution in [2.24, 2.45) is 0 Å². The summed E-state index contributed by atoms with van der Waals surface area (Å²) < 4.78 is 5.21. The van der Waals surface area contributed by atoms with Gasteiger partial charge in [-0.1, -0.05) is 40.9 Å². The van der Waals surface area contributed by atoms with Gasteiger partial charge in [0.2, 0.25) is 0 Å². The molecule has 2 rings (SSSR count). The van der Waals surface area contributed by atoms with E-state index < -0.39 is 18.4 Å². The highest BCUT2D eigenvalue weighted by atomic mass is 35.5. The first-order valence-corrected chi connectivity index (χ1v) is 7.66. The summed E-state index contributed by atoms with van der Waals surface area (Å²) in [5.41, 5.74) is 4.54. The second kappa shape index (κ2) is 8.10. The van der Waals surface area contributed by atoms with Crippen LogP contribution in [0, 0.1) is 0 Å². The van der Waals surface area contributed by atoms with Gasteiger partial charge >= 0.3 is 0 Å². The van der Waals surface area contributed by atoms with E-state index in [2.05, 4.69) is 10.9 Å². The third-order valence-corrected chi connectivity index (χ3v) is 3.77. The van der Waals surface area contributed by atoms with Gasteiger partial charge < -0.3 is 9.84 Å². The Hall–Kier alpha value is -2.15. The van der Waals surface area contributed by atoms with E-state index in [4.69, 9.17) is 39.5 Å². The van der Waals surface area contributed by atoms with Crippen molar-refractivity contribution in [3.63, 3.8) is 0 Å². The number of ether oxygens (including phenoxy) is 1. The maximum absolute atomic E-state index is 11.8. The highest BCUT2D eigenvalue weighted by Gasteiger charge is 2.11. The van der Waals surface area contributed by atoms with Crippen molar-refractivity contribution in [3.8, 4) is 11.5 Å². The molecule has 9 heteroatoms. The number of phenolic OH excluding ortho intramolecular Hbond substituents is 1. The number of benzene rings is 2. The van der Waals surface area contributed by atoms with Crippen molar-refractivity contribution < 1.29 is 19.4 Å². The average molecular weight is 390 g/mol. The van der Waals surface area contributed by atoms with Crippen LogP contribution in [0.25, 0.3) is 0 Å². The van der Waals surface area contributed by atoms with Gasteiger partial charge in [-0.25, -0.2) is 0 Å². The second-order valence-corrected chi connectivity index (χ2v) is 5.76. The molecule has 0 heterocycles. The Bertz CT molecular complexity index is 783. The number of carbonyl (C=O) groups is 2. The van der Waals surface area contributed by atoms with Crippen LogP contribution in [0.4, 0.5) is 0 Å². The summed E-state index contributed by atoms with van der Waals surface area (Å²) in [5, 5.41) is 9.98. The number of carbonyl (C=O) groups excluding carboxylic acids is 2. The molecule has 24 heavy (non-hydrogen) atoms. The lowest BCUT2D eigenvalue weighted by Crippen LogP contribution is -2.43. The zero-order chi connectivity index (χ0) is 17.7. The number of phenols is 1. The minimum Gasteiger partial charge on any atom is -0.508 e. The van der Waals surface area contributed by atoms with Crippen molar-refractivity contribution in [1.82, 2.24) is 10.9 Å². The molecule has 0 bridgehead atoms. The Labute approximate surface area is 152 Å². The normalized spacial score (nSPS) is 10.1. The predicted molar refractivity (Wildman–Crippen MR) is 90.7 cm³/mol. The van der Waals surface area contributed by atoms with E-state index in [-0.39, 0.29) is 32.1 Å². The van der Waals surface area contributed by atoms with Crippen molar-refractivity contribution in [2.75, 3.05) is 6.61 Å². The third kappa shape index (κ3) is 4.92. The number of rotatable bonds is 4. The van der Waals surface area contributed by atoms with Crippen LogP contribution in [0.3, 0.4) is 0 Å². The van der Waals surface area contributed by atoms with E-state index in [9.17, 15) is 14.7 Å². The van der Waals surface area contributed by atoms with Crippen molar-refractivity contribution in [3.05, 3.63) is 57.0 Å². The number of hydrazine groups is 1. The second-order valence-electron chi connectivity index (χ2n) is 4.54. The van der Waals surface area contributed by atoms with Gasteiger partial charge in [-0.15, -0.1) is 0 Å². The van der Waals surface area contributed by atoms with Gasteiger partial charge in [0.25, 0.3) is 11.8 Å². The molecular formula is C15H11Cl3N2O4. The molecule has 0 unspecified atom stereocenters. The summed E-state index contributed by atoms with van der Waals surface area (Å²) in [6.45, 7) is -0.405. The third-order valence-electron chi connectivity index (χ3n) is 2.76. The molecule has 2 aromatic carbocycles. The number of halogens is 3. The Morgan fingerprint density at radius 3 is 2.42 bits per heavy atom. The first-order valence-electron chi connectivity index (χ1n) is 6.52. The molecule has 0 aliphatic carbocycles. The molecule has 126 valence electrons. The fraction of sp³-hybridized carbons (Fsp3) is 0.0667. The maximum atomic E-state index is 11.8. The number of nitrogens with one attached hydrogen (secondary N) is 2. The molecule has 0 spiro atoms. The van der Waals surface area contributed by atoms with E-state index in [0.717, 1.165) is 0 Å². The Morgan fingerprint density at radius 1 is 1.00 bits per heavy atom. The van der Waals surface area contributed by atoms with Gasteiger partial charge in [-0.3, -0.25) is 20.4 Å². The van der Waals surface area contributed by atoms with Crippen molar-refractivity contribution >= 4 is 46.6 Å². The smallest absolute Gasteiger partial charge is 0.276 e. The minimum absolute atomic E-state index is 0.0634. The molecular weight excluding hydrogens is 379 g/mol. The van der Waals surface area contributed by atoms with Gasteiger partial charge in [0, 0.05) is 11.6 Å². The Balaban J connectivity index is 1.86. The van der Waals surface area contributed by atoms with Gasteiger partial charge in [0.1, 0.15) is 11.5 Å². The van der Waals surface area contributed by atoms with E-state index in [1.165, 1.54) is 36.4 Å². The molecule has 2 amide bonds. The van der Waals surface area contributed by atoms with Gasteiger partial charge in [0.05, 0.1) is 15.1 Å². The lowest BCUT2D eigenvalue weighted by molar-refractivity contribution is -0.123. The molecule has 2 aromatic rings. The first kappa shape index (κ1) is 18.2. The number of hydrogen-bond donors (Lipinski definition) is 3. The summed E-state index contributed by atoms with van der Waals surface area (Å²) in [6, 6.07) is 8.43. The molecule has 0 aliphatic heterocycles. The molecule has 0 saturated heterocycles. The zero-order valence-corrected chi connectivity index (χ0v) is 14.2. The molecule has 3 N–H and O–H groups in total. The largest absolute Gasteiger partial charge is 0.508 e. The van der Waals surface area contributed by atoms with Gasteiger partial charge in [-0.05, 0) is 24.3 Å². The van der Waals surface area contributed by atoms with Crippen molar-refractivity contribution in [2.45, 2.75) is 0 Å². The van der Waals surface area contributed by atoms with Crippen LogP contribution in [-0.4, -0.2) is 23.5 Å². The topological polar surface area (TPSA) is 87.7 Å². The molecule has 0 fully saturated rings. The Morgan fingerprint density at radius 2 is 1.71 bits per heavy atom. The minimum atomic E-state index is -0.620. The summed E-state index contributed by atoms with van der Waals surface area (Å²) in [6.07, 6.45) is 0. The highest BCUT2D eigenvalue weighted by Crippen LogP contribution is 2.33. The van der Waals surface area contributed by atoms with Crippen LogP contribution in [0.2, 0.25) is 15.1 Å². The SMILES string of the molecule is O=C(COc1cc(Cl)c(Cl)cc1Cl)NNC(=O)c1cccc(O)c1. The molecule has 0 atom stereocenters. The van der Waals surface area contributed by atoms with Crippen LogP contribution < -0.4 is 15.6 Å². The summed E-state index contributed by atoms with van der Waals surface area (Å²) in [4.78, 5) is 23.5. The fourth-order valence-corrected chi connectivity index (χ4v) is 2.23. The number of aromatic hydroxyl groups is 1. The highest BCUT2D eigenvalue weighted by molar-refractivity contribution is 6.43. The summed E-state index contributed by atoms with van der Waals surface area (Å²) in [5.74, 6) is -1.09. The molecule has 0 saturated carbocycles. The Kier molecular flexibility index (Phi) is 6.14. The van der Waals surface area contributed by atoms with E-state index in [1.54, 1.807) is 0 Å². The first-order chi connectivity index (χ1) is 11.4. The average Bonchev–Trinajstić information content (AvgIpc) is 2.54. The standard InChI is InChI=1S/C15H11Cl3N2O4/c16-10-5-12(18)13(6-11(10)17)24-7-14(22)19-20-15(23)8-2-1-3-9(21)4-8/h1-6,21H,7H2,(H,19,22)(H,20,23). The monoisotopic (exact) mass is 388 g/mol. The number of hydrogen-bond acceptors (Lipinski definition) is 4. The fourth-order valence-electron chi connectivity index (χ4n) is 1.64. The van der Waals surface area contributed by atoms with Crippen LogP contribution in [0.1, 0.15) is 10.4 Å². The molecule has 0 aromatic heterocycles. The van der Waals surface area contributed by atoms with Gasteiger partial charge in [0.15, 0.2) is 6.61 Å². The summed E-state index contributed by atoms with van der Waals surface area (Å²) >= 11 is 17.5. The number of amides is 2. The van der Waals surface area contributed by atoms with E-state index >= 15 is 0 Å². The van der Waals surface area contributed by atoms with Gasteiger partial charge in [-0.2, -0.15) is 0 Å². The quantitative estimate of drug-likeness (QED) is 0.553. The predicted octanol–water partition coefficient (Wildman–Crippen LogP) is 3.19. The molecule has 0 radical (unpaired) electrons. The van der Waals surface area contributed by atoms with Crippen molar-refractivity contribution in [1.29, 1.82) is 0 Å². The van der Waals surface area contributed by atoms with Crippen LogP contribution in [0.15, 0.2) is 36.4 Å². The van der Waals surface area contributed by atoms with Crippen LogP contribution >= 0.6 is 34.8 Å². The van der Waals surface area contributed by atoms with Crippen LogP contribution in [-0.2, 0) is 4.79 Å². The van der Waals surface area contributed by atoms with E-state index in [1.807, 2.05) is 0 Å². The molecule has 0 aliphatic rings. The zero-order valence-electron chi connectivity index (χ0n) is 12.0. The lowest BCUT2D eigenvalue weighted by atomic mass is 10.2. The van der Waals surface area contributed by atoms with Crippen LogP contribution in [0.5, 0.6) is 11.5 Å². The maximum Gasteiger partial charge on any atom is 0.276 e. The lowest BCUT2D eigenvalue weighted by Gasteiger charge is -2.10.